The third kappa shape index (κ3) is 3.83. The molecule has 1 amide bonds. The molecule has 4 heteroatoms. The maximum absolute atomic E-state index is 12.0. The van der Waals surface area contributed by atoms with Crippen LogP contribution in [0.2, 0.25) is 0 Å². The number of carboxylic acids is 1. The summed E-state index contributed by atoms with van der Waals surface area (Å²) in [4.78, 5) is 22.3. The third-order valence-electron chi connectivity index (χ3n) is 3.83. The summed E-state index contributed by atoms with van der Waals surface area (Å²) < 4.78 is 0. The molecule has 4 nitrogen and oxygen atoms in total. The Kier molecular flexibility index (Phi) is 4.77. The number of benzene rings is 1. The van der Waals surface area contributed by atoms with Gasteiger partial charge in [0.25, 0.3) is 0 Å². The van der Waals surface area contributed by atoms with Crippen LogP contribution in [0.15, 0.2) is 24.3 Å². The lowest BCUT2D eigenvalue weighted by Crippen LogP contribution is -2.26. The van der Waals surface area contributed by atoms with Crippen LogP contribution in [-0.2, 0) is 9.59 Å². The van der Waals surface area contributed by atoms with Crippen LogP contribution in [-0.4, -0.2) is 23.5 Å². The zero-order valence-corrected chi connectivity index (χ0v) is 11.8. The van der Waals surface area contributed by atoms with Crippen molar-refractivity contribution >= 4 is 11.9 Å². The summed E-state index contributed by atoms with van der Waals surface area (Å²) in [6, 6.07) is 8.20. The Hall–Kier alpha value is -1.84. The van der Waals surface area contributed by atoms with Crippen LogP contribution >= 0.6 is 0 Å². The molecule has 0 spiro atoms. The second kappa shape index (κ2) is 6.55. The fourth-order valence-electron chi connectivity index (χ4n) is 2.58. The molecule has 0 unspecified atom stereocenters. The monoisotopic (exact) mass is 275 g/mol. The summed E-state index contributed by atoms with van der Waals surface area (Å²) >= 11 is 0. The Morgan fingerprint density at radius 3 is 2.75 bits per heavy atom. The Balaban J connectivity index is 1.71. The summed E-state index contributed by atoms with van der Waals surface area (Å²) in [6.07, 6.45) is 2.43. The van der Waals surface area contributed by atoms with E-state index in [0.717, 1.165) is 12.8 Å². The molecule has 0 saturated heterocycles. The van der Waals surface area contributed by atoms with Crippen LogP contribution in [0.5, 0.6) is 0 Å². The first-order valence-electron chi connectivity index (χ1n) is 7.14. The van der Waals surface area contributed by atoms with Gasteiger partial charge in [0.15, 0.2) is 0 Å². The standard InChI is InChI=1S/C16H21NO3/c1-11-6-2-3-7-12(11)13-10-14(13)16(20)17-9-5-4-8-15(18)19/h2-3,6-7,13-14H,4-5,8-10H2,1H3,(H,17,20)(H,18,19)/t13-,14-/m1/s1. The van der Waals surface area contributed by atoms with Gasteiger partial charge < -0.3 is 10.4 Å². The number of hydrogen-bond acceptors (Lipinski definition) is 2. The average Bonchev–Trinajstić information content (AvgIpc) is 3.18. The second-order valence-corrected chi connectivity index (χ2v) is 5.45. The molecule has 1 aliphatic carbocycles. The minimum atomic E-state index is -0.780. The molecule has 2 rings (SSSR count). The topological polar surface area (TPSA) is 66.4 Å². The zero-order valence-electron chi connectivity index (χ0n) is 11.8. The molecule has 2 atom stereocenters. The van der Waals surface area contributed by atoms with E-state index in [9.17, 15) is 9.59 Å². The number of carbonyl (C=O) groups excluding carboxylic acids is 1. The summed E-state index contributed by atoms with van der Waals surface area (Å²) in [5, 5.41) is 11.4. The minimum Gasteiger partial charge on any atom is -0.481 e. The Labute approximate surface area is 119 Å². The number of rotatable bonds is 7. The first kappa shape index (κ1) is 14.6. The molecule has 0 radical (unpaired) electrons. The van der Waals surface area contributed by atoms with Gasteiger partial charge in [-0.25, -0.2) is 0 Å². The van der Waals surface area contributed by atoms with Gasteiger partial charge in [-0.05, 0) is 43.2 Å². The van der Waals surface area contributed by atoms with Crippen LogP contribution in [0.25, 0.3) is 0 Å². The van der Waals surface area contributed by atoms with Crippen molar-refractivity contribution in [3.63, 3.8) is 0 Å². The van der Waals surface area contributed by atoms with Gasteiger partial charge in [0.2, 0.25) is 5.91 Å². The molecule has 1 fully saturated rings. The molecule has 1 aromatic carbocycles. The lowest BCUT2D eigenvalue weighted by atomic mass is 10.0. The van der Waals surface area contributed by atoms with Crippen LogP contribution in [0, 0.1) is 12.8 Å². The van der Waals surface area contributed by atoms with Crippen LogP contribution in [0.4, 0.5) is 0 Å². The van der Waals surface area contributed by atoms with Crippen molar-refractivity contribution in [2.24, 2.45) is 5.92 Å². The highest BCUT2D eigenvalue weighted by atomic mass is 16.4. The molecule has 0 aromatic heterocycles. The van der Waals surface area contributed by atoms with E-state index < -0.39 is 5.97 Å². The molecule has 2 N–H and O–H groups in total. The number of aliphatic carboxylic acids is 1. The predicted octanol–water partition coefficient (Wildman–Crippen LogP) is 2.47. The Morgan fingerprint density at radius 1 is 1.30 bits per heavy atom. The minimum absolute atomic E-state index is 0.0931. The van der Waals surface area contributed by atoms with E-state index in [-0.39, 0.29) is 18.2 Å². The second-order valence-electron chi connectivity index (χ2n) is 5.45. The summed E-state index contributed by atoms with van der Waals surface area (Å²) in [6.45, 7) is 2.65. The van der Waals surface area contributed by atoms with Gasteiger partial charge >= 0.3 is 5.97 Å². The van der Waals surface area contributed by atoms with Gasteiger partial charge in [-0.15, -0.1) is 0 Å². The molecule has 1 saturated carbocycles. The van der Waals surface area contributed by atoms with Crippen molar-refractivity contribution in [2.45, 2.75) is 38.5 Å². The average molecular weight is 275 g/mol. The highest BCUT2D eigenvalue weighted by molar-refractivity contribution is 5.83. The highest BCUT2D eigenvalue weighted by Crippen LogP contribution is 2.48. The predicted molar refractivity (Wildman–Crippen MR) is 76.5 cm³/mol. The number of amides is 1. The number of hydrogen-bond donors (Lipinski definition) is 2. The molecule has 0 bridgehead atoms. The van der Waals surface area contributed by atoms with E-state index in [0.29, 0.717) is 18.9 Å². The van der Waals surface area contributed by atoms with Gasteiger partial charge in [-0.1, -0.05) is 24.3 Å². The van der Waals surface area contributed by atoms with Crippen molar-refractivity contribution in [1.82, 2.24) is 5.32 Å². The van der Waals surface area contributed by atoms with Crippen LogP contribution in [0.1, 0.15) is 42.7 Å². The van der Waals surface area contributed by atoms with Gasteiger partial charge in [0.05, 0.1) is 0 Å². The van der Waals surface area contributed by atoms with Gasteiger partial charge in [0.1, 0.15) is 0 Å². The van der Waals surface area contributed by atoms with E-state index in [1.807, 2.05) is 12.1 Å². The Bertz CT molecular complexity index is 498. The lowest BCUT2D eigenvalue weighted by molar-refractivity contribution is -0.137. The van der Waals surface area contributed by atoms with E-state index in [1.54, 1.807) is 0 Å². The summed E-state index contributed by atoms with van der Waals surface area (Å²) in [5.41, 5.74) is 2.52. The maximum Gasteiger partial charge on any atom is 0.303 e. The third-order valence-corrected chi connectivity index (χ3v) is 3.83. The summed E-state index contributed by atoms with van der Waals surface area (Å²) in [7, 11) is 0. The first-order chi connectivity index (χ1) is 9.59. The maximum atomic E-state index is 12.0. The number of carbonyl (C=O) groups is 2. The van der Waals surface area contributed by atoms with Crippen LogP contribution in [0.3, 0.4) is 0 Å². The van der Waals surface area contributed by atoms with Crippen LogP contribution < -0.4 is 5.32 Å². The molecule has 1 aliphatic rings. The van der Waals surface area contributed by atoms with Gasteiger partial charge in [-0.2, -0.15) is 0 Å². The van der Waals surface area contributed by atoms with E-state index in [1.165, 1.54) is 11.1 Å². The molecule has 0 heterocycles. The molecule has 1 aromatic rings. The van der Waals surface area contributed by atoms with Crippen molar-refractivity contribution in [3.05, 3.63) is 35.4 Å². The van der Waals surface area contributed by atoms with Crippen molar-refractivity contribution < 1.29 is 14.7 Å². The highest BCUT2D eigenvalue weighted by Gasteiger charge is 2.44. The van der Waals surface area contributed by atoms with Gasteiger partial charge in [-0.3, -0.25) is 9.59 Å². The normalized spacial score (nSPS) is 20.4. The van der Waals surface area contributed by atoms with Crippen molar-refractivity contribution in [2.75, 3.05) is 6.54 Å². The lowest BCUT2D eigenvalue weighted by Gasteiger charge is -2.06. The molecule has 108 valence electrons. The van der Waals surface area contributed by atoms with Gasteiger partial charge in [0, 0.05) is 18.9 Å². The SMILES string of the molecule is Cc1ccccc1[C@H]1C[C@H]1C(=O)NCCCCC(=O)O. The Morgan fingerprint density at radius 2 is 2.05 bits per heavy atom. The van der Waals surface area contributed by atoms with E-state index >= 15 is 0 Å². The molecule has 0 aliphatic heterocycles. The molecular formula is C16H21NO3. The summed E-state index contributed by atoms with van der Waals surface area (Å²) in [5.74, 6) is -0.225. The zero-order chi connectivity index (χ0) is 14.5. The fourth-order valence-corrected chi connectivity index (χ4v) is 2.58. The number of carboxylic acid groups (broad SMARTS) is 1. The van der Waals surface area contributed by atoms with Crippen molar-refractivity contribution in [3.8, 4) is 0 Å². The number of unbranched alkanes of at least 4 members (excludes halogenated alkanes) is 1. The largest absolute Gasteiger partial charge is 0.481 e. The quantitative estimate of drug-likeness (QED) is 0.751. The molecular weight excluding hydrogens is 254 g/mol. The number of nitrogens with one attached hydrogen (secondary N) is 1. The fraction of sp³-hybridized carbons (Fsp3) is 0.500. The molecule has 20 heavy (non-hydrogen) atoms. The van der Waals surface area contributed by atoms with E-state index in [2.05, 4.69) is 24.4 Å². The smallest absolute Gasteiger partial charge is 0.303 e. The number of aryl methyl sites for hydroxylation is 1. The van der Waals surface area contributed by atoms with E-state index in [4.69, 9.17) is 5.11 Å². The van der Waals surface area contributed by atoms with Crippen molar-refractivity contribution in [1.29, 1.82) is 0 Å². The first-order valence-corrected chi connectivity index (χ1v) is 7.14.